The van der Waals surface area contributed by atoms with Crippen LogP contribution in [0.3, 0.4) is 0 Å². The molecule has 0 amide bonds. The Hall–Kier alpha value is -5.25. The molecule has 256 valence electrons. The maximum Gasteiger partial charge on any atom is 0.389 e. The van der Waals surface area contributed by atoms with Crippen molar-refractivity contribution in [3.05, 3.63) is 142 Å². The molecule has 0 radical (unpaired) electrons. The largest absolute Gasteiger partial charge is 0.389 e. The van der Waals surface area contributed by atoms with E-state index in [1.54, 1.807) is 85.8 Å². The third-order valence-corrected chi connectivity index (χ3v) is 9.27. The molecule has 1 aliphatic carbocycles. The highest BCUT2D eigenvalue weighted by Crippen LogP contribution is 2.56. The molecule has 0 N–H and O–H groups in total. The molecule has 0 heterocycles. The first-order chi connectivity index (χ1) is 23.7. The molecule has 4 nitrogen and oxygen atoms in total. The molecule has 1 aliphatic rings. The van der Waals surface area contributed by atoms with Crippen LogP contribution in [0.1, 0.15) is 76.3 Å². The first kappa shape index (κ1) is 34.6. The van der Waals surface area contributed by atoms with Crippen LogP contribution in [0.15, 0.2) is 108 Å². The number of ketones is 1. The van der Waals surface area contributed by atoms with Gasteiger partial charge in [-0.15, -0.1) is 0 Å². The number of carbonyl (C=O) groups is 2. The van der Waals surface area contributed by atoms with Gasteiger partial charge in [0.15, 0.2) is 5.78 Å². The number of oxime groups is 1. The number of hydrogen-bond donors (Lipinski definition) is 0. The zero-order chi connectivity index (χ0) is 35.8. The van der Waals surface area contributed by atoms with E-state index in [-0.39, 0.29) is 22.4 Å². The maximum atomic E-state index is 14.0. The molecule has 50 heavy (non-hydrogen) atoms. The first-order valence-corrected chi connectivity index (χ1v) is 15.9. The number of rotatable bonds is 9. The molecule has 0 saturated heterocycles. The standard InChI is InChI=1S/C40H31F6NO3/c1-24-8-3-5-11-29(24)36(47-50-25(2)48)27-14-16-31-32-17-15-28(37(49)33-13-7-10-26-9-4-6-12-30(26)33)23-35(32)38(34(31)22-27,18-20-39(41,42)43)19-21-40(44,45)46/h3-17,22-23H,18-21H2,1-2H3/b47-36-. The van der Waals surface area contributed by atoms with Gasteiger partial charge >= 0.3 is 18.3 Å². The molecule has 0 fully saturated rings. The molecule has 5 aromatic carbocycles. The van der Waals surface area contributed by atoms with Crippen molar-refractivity contribution < 1.29 is 40.8 Å². The summed E-state index contributed by atoms with van der Waals surface area (Å²) in [5.41, 5.74) is 1.92. The van der Waals surface area contributed by atoms with Gasteiger partial charge in [0, 0.05) is 47.4 Å². The van der Waals surface area contributed by atoms with Crippen LogP contribution in [-0.4, -0.2) is 29.8 Å². The van der Waals surface area contributed by atoms with Gasteiger partial charge in [0.1, 0.15) is 5.71 Å². The van der Waals surface area contributed by atoms with E-state index in [0.29, 0.717) is 33.2 Å². The van der Waals surface area contributed by atoms with Crippen LogP contribution in [0.25, 0.3) is 21.9 Å². The third kappa shape index (κ3) is 6.92. The van der Waals surface area contributed by atoms with Crippen molar-refractivity contribution in [2.24, 2.45) is 5.16 Å². The molecule has 0 unspecified atom stereocenters. The molecular weight excluding hydrogens is 656 g/mol. The fourth-order valence-electron chi connectivity index (χ4n) is 6.94. The minimum absolute atomic E-state index is 0.147. The molecular formula is C40H31F6NO3. The van der Waals surface area contributed by atoms with Gasteiger partial charge in [0.2, 0.25) is 0 Å². The van der Waals surface area contributed by atoms with Crippen LogP contribution < -0.4 is 0 Å². The fourth-order valence-corrected chi connectivity index (χ4v) is 6.94. The minimum atomic E-state index is -4.68. The van der Waals surface area contributed by atoms with Crippen molar-refractivity contribution in [2.45, 2.75) is 57.3 Å². The van der Waals surface area contributed by atoms with Crippen LogP contribution in [0.4, 0.5) is 26.3 Å². The Morgan fingerprint density at radius 2 is 1.22 bits per heavy atom. The van der Waals surface area contributed by atoms with Gasteiger partial charge in [0.05, 0.1) is 0 Å². The summed E-state index contributed by atoms with van der Waals surface area (Å²) in [7, 11) is 0. The Labute approximate surface area is 284 Å². The summed E-state index contributed by atoms with van der Waals surface area (Å²) in [5.74, 6) is -1.12. The number of fused-ring (bicyclic) bond motifs is 4. The lowest BCUT2D eigenvalue weighted by Gasteiger charge is -2.34. The van der Waals surface area contributed by atoms with Crippen LogP contribution in [0.2, 0.25) is 0 Å². The molecule has 0 bridgehead atoms. The van der Waals surface area contributed by atoms with E-state index in [2.05, 4.69) is 5.16 Å². The quantitative estimate of drug-likeness (QED) is 0.0510. The summed E-state index contributed by atoms with van der Waals surface area (Å²) in [6.45, 7) is 2.96. The van der Waals surface area contributed by atoms with Gasteiger partial charge in [-0.25, -0.2) is 4.79 Å². The molecule has 0 spiro atoms. The lowest BCUT2D eigenvalue weighted by atomic mass is 9.70. The summed E-state index contributed by atoms with van der Waals surface area (Å²) in [5, 5.41) is 5.56. The topological polar surface area (TPSA) is 55.7 Å². The summed E-state index contributed by atoms with van der Waals surface area (Å²) in [6, 6.07) is 29.0. The van der Waals surface area contributed by atoms with Gasteiger partial charge in [-0.05, 0) is 70.5 Å². The van der Waals surface area contributed by atoms with E-state index >= 15 is 0 Å². The molecule has 0 atom stereocenters. The minimum Gasteiger partial charge on any atom is -0.318 e. The number of nitrogens with zero attached hydrogens (tertiary/aromatic N) is 1. The number of benzene rings is 5. The lowest BCUT2D eigenvalue weighted by molar-refractivity contribution is -0.144. The maximum absolute atomic E-state index is 14.0. The average Bonchev–Trinajstić information content (AvgIpc) is 3.34. The van der Waals surface area contributed by atoms with Gasteiger partial charge in [-0.2, -0.15) is 26.3 Å². The highest BCUT2D eigenvalue weighted by atomic mass is 19.4. The second-order valence-corrected chi connectivity index (χ2v) is 12.5. The van der Waals surface area contributed by atoms with E-state index in [9.17, 15) is 35.9 Å². The van der Waals surface area contributed by atoms with Crippen molar-refractivity contribution in [2.75, 3.05) is 0 Å². The van der Waals surface area contributed by atoms with Crippen LogP contribution >= 0.6 is 0 Å². The molecule has 0 aromatic heterocycles. The van der Waals surface area contributed by atoms with Crippen LogP contribution in [-0.2, 0) is 15.0 Å². The van der Waals surface area contributed by atoms with Crippen molar-refractivity contribution in [1.29, 1.82) is 0 Å². The van der Waals surface area contributed by atoms with E-state index < -0.39 is 55.2 Å². The Kier molecular flexibility index (Phi) is 9.15. The SMILES string of the molecule is CC(=O)O/N=C(/c1ccc2c(c1)C(CCC(F)(F)F)(CCC(F)(F)F)c1cc(C(=O)c3cccc4ccccc34)ccc1-2)c1ccccc1C. The number of carbonyl (C=O) groups excluding carboxylic acids is 2. The third-order valence-electron chi connectivity index (χ3n) is 9.27. The van der Waals surface area contributed by atoms with E-state index in [1.807, 2.05) is 18.2 Å². The fraction of sp³-hybridized carbons (Fsp3) is 0.225. The van der Waals surface area contributed by atoms with Crippen LogP contribution in [0, 0.1) is 6.92 Å². The summed E-state index contributed by atoms with van der Waals surface area (Å²) < 4.78 is 83.9. The summed E-state index contributed by atoms with van der Waals surface area (Å²) in [4.78, 5) is 30.8. The number of aryl methyl sites for hydroxylation is 1. The van der Waals surface area contributed by atoms with E-state index in [4.69, 9.17) is 4.84 Å². The zero-order valence-corrected chi connectivity index (χ0v) is 27.1. The molecule has 0 aliphatic heterocycles. The number of alkyl halides is 6. The molecule has 10 heteroatoms. The van der Waals surface area contributed by atoms with Crippen molar-refractivity contribution in [1.82, 2.24) is 0 Å². The van der Waals surface area contributed by atoms with Crippen molar-refractivity contribution in [3.63, 3.8) is 0 Å². The van der Waals surface area contributed by atoms with Gasteiger partial charge in [-0.3, -0.25) is 4.79 Å². The van der Waals surface area contributed by atoms with Gasteiger partial charge < -0.3 is 4.84 Å². The average molecular weight is 688 g/mol. The Bertz CT molecular complexity index is 2120. The Morgan fingerprint density at radius 3 is 1.84 bits per heavy atom. The summed E-state index contributed by atoms with van der Waals surface area (Å²) >= 11 is 0. The smallest absolute Gasteiger partial charge is 0.318 e. The van der Waals surface area contributed by atoms with Crippen molar-refractivity contribution in [3.8, 4) is 11.1 Å². The van der Waals surface area contributed by atoms with Crippen molar-refractivity contribution >= 4 is 28.2 Å². The monoisotopic (exact) mass is 687 g/mol. The number of hydrogen-bond acceptors (Lipinski definition) is 4. The normalized spacial score (nSPS) is 14.0. The van der Waals surface area contributed by atoms with E-state index in [1.165, 1.54) is 6.07 Å². The molecule has 0 saturated carbocycles. The van der Waals surface area contributed by atoms with Gasteiger partial charge in [0.25, 0.3) is 0 Å². The molecule has 5 aromatic rings. The van der Waals surface area contributed by atoms with Crippen LogP contribution in [0.5, 0.6) is 0 Å². The predicted octanol–water partition coefficient (Wildman–Crippen LogP) is 10.6. The second kappa shape index (κ2) is 13.2. The predicted molar refractivity (Wildman–Crippen MR) is 179 cm³/mol. The Morgan fingerprint density at radius 1 is 0.680 bits per heavy atom. The van der Waals surface area contributed by atoms with E-state index in [0.717, 1.165) is 17.9 Å². The lowest BCUT2D eigenvalue weighted by Crippen LogP contribution is -2.30. The highest BCUT2D eigenvalue weighted by Gasteiger charge is 2.47. The van der Waals surface area contributed by atoms with Gasteiger partial charge in [-0.1, -0.05) is 96.2 Å². The Balaban J connectivity index is 1.57. The highest BCUT2D eigenvalue weighted by molar-refractivity contribution is 6.17. The first-order valence-electron chi connectivity index (χ1n) is 15.9. The second-order valence-electron chi connectivity index (χ2n) is 12.5. The zero-order valence-electron chi connectivity index (χ0n) is 27.1. The number of halogens is 6. The summed E-state index contributed by atoms with van der Waals surface area (Å²) in [6.07, 6.45) is -13.5. The molecule has 6 rings (SSSR count).